The van der Waals surface area contributed by atoms with Crippen LogP contribution >= 0.6 is 0 Å². The molecule has 1 aromatic carbocycles. The molecule has 148 valence electrons. The zero-order valence-corrected chi connectivity index (χ0v) is 16.3. The van der Waals surface area contributed by atoms with Crippen LogP contribution in [-0.4, -0.2) is 55.4 Å². The van der Waals surface area contributed by atoms with Crippen LogP contribution in [0.4, 0.5) is 0 Å². The smallest absolute Gasteiger partial charge is 0.303 e. The molecule has 1 aliphatic rings. The van der Waals surface area contributed by atoms with E-state index >= 15 is 0 Å². The van der Waals surface area contributed by atoms with E-state index < -0.39 is 11.6 Å². The summed E-state index contributed by atoms with van der Waals surface area (Å²) in [6, 6.07) is 7.90. The molecule has 4 N–H and O–H groups in total. The minimum Gasteiger partial charge on any atom is -0.497 e. The summed E-state index contributed by atoms with van der Waals surface area (Å²) < 4.78 is 5.29. The topological polar surface area (TPSA) is 96.0 Å². The third-order valence-electron chi connectivity index (χ3n) is 4.79. The van der Waals surface area contributed by atoms with Crippen molar-refractivity contribution in [3.8, 4) is 5.75 Å². The van der Waals surface area contributed by atoms with Crippen molar-refractivity contribution >= 4 is 5.97 Å². The average Bonchev–Trinajstić information content (AvgIpc) is 2.62. The summed E-state index contributed by atoms with van der Waals surface area (Å²) >= 11 is 0. The van der Waals surface area contributed by atoms with Gasteiger partial charge in [-0.2, -0.15) is 0 Å². The molecule has 6 heteroatoms. The summed E-state index contributed by atoms with van der Waals surface area (Å²) in [5.74, 6) is 0.342. The van der Waals surface area contributed by atoms with Gasteiger partial charge in [0.25, 0.3) is 0 Å². The summed E-state index contributed by atoms with van der Waals surface area (Å²) in [6.45, 7) is 1.39. The first-order chi connectivity index (χ1) is 12.3. The maximum absolute atomic E-state index is 11.2. The molecule has 0 spiro atoms. The molecule has 2 atom stereocenters. The van der Waals surface area contributed by atoms with E-state index in [0.717, 1.165) is 37.1 Å². The molecule has 6 nitrogen and oxygen atoms in total. The molecule has 0 radical (unpaired) electrons. The van der Waals surface area contributed by atoms with Crippen molar-refractivity contribution in [1.29, 1.82) is 0 Å². The number of methoxy groups -OCH3 is 1. The minimum absolute atomic E-state index is 0.191. The van der Waals surface area contributed by atoms with Crippen LogP contribution in [0.2, 0.25) is 0 Å². The summed E-state index contributed by atoms with van der Waals surface area (Å²) in [5, 5.41) is 19.2. The second kappa shape index (κ2) is 11.2. The van der Waals surface area contributed by atoms with E-state index in [1.165, 1.54) is 6.42 Å². The Morgan fingerprint density at radius 1 is 1.38 bits per heavy atom. The number of aliphatic carboxylic acids is 1. The standard InChI is InChI=1S/C16H25NO2.C4H9NO2/c1-17(2)12-14-7-4-5-10-16(14,18)13-8-6-9-15(11-13)19-3;5-3-1-2-4(6)7/h6,8-9,11,14,18H,4-5,7,10,12H2,1-3H3;1-3,5H2,(H,6,7)/t14-,16+;/m1./s1. The molecular formula is C20H34N2O4. The molecule has 0 aromatic heterocycles. The lowest BCUT2D eigenvalue weighted by atomic mass is 9.71. The average molecular weight is 367 g/mol. The Hall–Kier alpha value is -1.63. The van der Waals surface area contributed by atoms with Crippen molar-refractivity contribution in [1.82, 2.24) is 4.90 Å². The second-order valence-electron chi connectivity index (χ2n) is 7.15. The number of carbonyl (C=O) groups is 1. The number of hydrogen-bond acceptors (Lipinski definition) is 5. The SMILES string of the molecule is COc1cccc([C@@]2(O)CCCC[C@@H]2CN(C)C)c1.NCCCC(=O)O. The van der Waals surface area contributed by atoms with Gasteiger partial charge < -0.3 is 25.6 Å². The molecule has 1 aromatic rings. The van der Waals surface area contributed by atoms with Gasteiger partial charge in [0.2, 0.25) is 0 Å². The highest BCUT2D eigenvalue weighted by atomic mass is 16.5. The predicted molar refractivity (Wildman–Crippen MR) is 103 cm³/mol. The van der Waals surface area contributed by atoms with Crippen molar-refractivity contribution in [2.45, 2.75) is 44.1 Å². The first-order valence-corrected chi connectivity index (χ1v) is 9.27. The maximum atomic E-state index is 11.2. The van der Waals surface area contributed by atoms with E-state index in [-0.39, 0.29) is 6.42 Å². The fourth-order valence-corrected chi connectivity index (χ4v) is 3.44. The summed E-state index contributed by atoms with van der Waals surface area (Å²) in [5.41, 5.74) is 5.30. The fourth-order valence-electron chi connectivity index (χ4n) is 3.44. The molecule has 0 bridgehead atoms. The maximum Gasteiger partial charge on any atom is 0.303 e. The van der Waals surface area contributed by atoms with Gasteiger partial charge in [-0.05, 0) is 57.6 Å². The third-order valence-corrected chi connectivity index (χ3v) is 4.79. The van der Waals surface area contributed by atoms with E-state index in [1.807, 2.05) is 24.3 Å². The number of benzene rings is 1. The van der Waals surface area contributed by atoms with Gasteiger partial charge in [0.1, 0.15) is 5.75 Å². The molecule has 0 saturated heterocycles. The van der Waals surface area contributed by atoms with Crippen LogP contribution in [0.1, 0.15) is 44.1 Å². The second-order valence-corrected chi connectivity index (χ2v) is 7.15. The Balaban J connectivity index is 0.000000412. The molecule has 0 amide bonds. The first-order valence-electron chi connectivity index (χ1n) is 9.27. The summed E-state index contributed by atoms with van der Waals surface area (Å²) in [7, 11) is 5.81. The zero-order chi connectivity index (χ0) is 19.6. The molecule has 2 rings (SSSR count). The Labute approximate surface area is 157 Å². The van der Waals surface area contributed by atoms with Crippen LogP contribution in [0.3, 0.4) is 0 Å². The highest BCUT2D eigenvalue weighted by Gasteiger charge is 2.40. The number of nitrogens with zero attached hydrogens (tertiary/aromatic N) is 1. The van der Waals surface area contributed by atoms with Crippen molar-refractivity contribution in [3.05, 3.63) is 29.8 Å². The highest BCUT2D eigenvalue weighted by molar-refractivity contribution is 5.66. The third kappa shape index (κ3) is 6.94. The Morgan fingerprint density at radius 3 is 2.65 bits per heavy atom. The number of rotatable bonds is 7. The largest absolute Gasteiger partial charge is 0.497 e. The first kappa shape index (κ1) is 22.4. The normalized spacial score (nSPS) is 22.5. The van der Waals surface area contributed by atoms with Gasteiger partial charge in [-0.1, -0.05) is 25.0 Å². The number of carboxylic acid groups (broad SMARTS) is 1. The van der Waals surface area contributed by atoms with E-state index in [9.17, 15) is 9.90 Å². The summed E-state index contributed by atoms with van der Waals surface area (Å²) in [6.07, 6.45) is 5.01. The number of nitrogens with two attached hydrogens (primary N) is 1. The lowest BCUT2D eigenvalue weighted by Gasteiger charge is -2.41. The van der Waals surface area contributed by atoms with Gasteiger partial charge in [0.15, 0.2) is 0 Å². The molecule has 0 unspecified atom stereocenters. The molecule has 1 fully saturated rings. The Morgan fingerprint density at radius 2 is 2.12 bits per heavy atom. The van der Waals surface area contributed by atoms with E-state index in [0.29, 0.717) is 18.9 Å². The van der Waals surface area contributed by atoms with Crippen LogP contribution in [0, 0.1) is 5.92 Å². The van der Waals surface area contributed by atoms with Crippen molar-refractivity contribution < 1.29 is 19.7 Å². The molecule has 0 heterocycles. The zero-order valence-electron chi connectivity index (χ0n) is 16.3. The Kier molecular flexibility index (Phi) is 9.62. The van der Waals surface area contributed by atoms with Crippen LogP contribution in [0.5, 0.6) is 5.75 Å². The van der Waals surface area contributed by atoms with Gasteiger partial charge in [-0.3, -0.25) is 4.79 Å². The number of ether oxygens (including phenoxy) is 1. The van der Waals surface area contributed by atoms with Gasteiger partial charge >= 0.3 is 5.97 Å². The van der Waals surface area contributed by atoms with Gasteiger partial charge in [-0.15, -0.1) is 0 Å². The van der Waals surface area contributed by atoms with E-state index in [4.69, 9.17) is 15.6 Å². The van der Waals surface area contributed by atoms with E-state index in [1.54, 1.807) is 7.11 Å². The summed E-state index contributed by atoms with van der Waals surface area (Å²) in [4.78, 5) is 11.9. The van der Waals surface area contributed by atoms with Crippen LogP contribution < -0.4 is 10.5 Å². The van der Waals surface area contributed by atoms with Crippen molar-refractivity contribution in [2.24, 2.45) is 11.7 Å². The highest BCUT2D eigenvalue weighted by Crippen LogP contribution is 2.42. The van der Waals surface area contributed by atoms with Crippen LogP contribution in [-0.2, 0) is 10.4 Å². The molecule has 26 heavy (non-hydrogen) atoms. The van der Waals surface area contributed by atoms with Gasteiger partial charge in [-0.25, -0.2) is 0 Å². The lowest BCUT2D eigenvalue weighted by Crippen LogP contribution is -2.43. The van der Waals surface area contributed by atoms with Crippen LogP contribution in [0.15, 0.2) is 24.3 Å². The predicted octanol–water partition coefficient (Wildman–Crippen LogP) is 2.44. The van der Waals surface area contributed by atoms with Gasteiger partial charge in [0.05, 0.1) is 12.7 Å². The van der Waals surface area contributed by atoms with E-state index in [2.05, 4.69) is 19.0 Å². The number of aliphatic hydroxyl groups is 1. The lowest BCUT2D eigenvalue weighted by molar-refractivity contribution is -0.137. The minimum atomic E-state index is -0.773. The van der Waals surface area contributed by atoms with Gasteiger partial charge in [0, 0.05) is 18.9 Å². The quantitative estimate of drug-likeness (QED) is 0.686. The molecule has 1 saturated carbocycles. The van der Waals surface area contributed by atoms with Crippen LogP contribution in [0.25, 0.3) is 0 Å². The molecule has 1 aliphatic carbocycles. The van der Waals surface area contributed by atoms with Crippen molar-refractivity contribution in [3.63, 3.8) is 0 Å². The number of carboxylic acids is 1. The monoisotopic (exact) mass is 366 g/mol. The molecule has 0 aliphatic heterocycles. The Bertz CT molecular complexity index is 550. The molecular weight excluding hydrogens is 332 g/mol. The fraction of sp³-hybridized carbons (Fsp3) is 0.650. The van der Waals surface area contributed by atoms with Crippen molar-refractivity contribution in [2.75, 3.05) is 34.3 Å². The number of hydrogen-bond donors (Lipinski definition) is 3.